The van der Waals surface area contributed by atoms with E-state index in [9.17, 15) is 39.6 Å². The molecule has 75 heavy (non-hydrogen) atoms. The number of hydrogen-bond donors (Lipinski definition) is 5. The van der Waals surface area contributed by atoms with E-state index in [1.807, 2.05) is 59.8 Å². The molecule has 1 aromatic heterocycles. The molecule has 2 saturated heterocycles. The second-order valence-corrected chi connectivity index (χ2v) is 21.8. The lowest BCUT2D eigenvalue weighted by Gasteiger charge is -2.43. The Hall–Kier alpha value is -3.91. The van der Waals surface area contributed by atoms with Crippen LogP contribution < -0.4 is 4.74 Å². The number of likely N-dealkylation sites (tertiary alicyclic amines) is 1. The first kappa shape index (κ1) is 63.6. The number of esters is 1. The fraction of sp³-hybridized carbons (Fsp3) is 0.741. The number of ketones is 2. The highest BCUT2D eigenvalue weighted by atomic mass is 16.6. The normalized spacial score (nSPS) is 27.6. The molecule has 3 fully saturated rings. The van der Waals surface area contributed by atoms with E-state index in [2.05, 4.69) is 4.98 Å². The van der Waals surface area contributed by atoms with Crippen LogP contribution in [0.2, 0.25) is 0 Å². The molecule has 3 aliphatic rings. The molecule has 1 aliphatic carbocycles. The lowest BCUT2D eigenvalue weighted by atomic mass is 9.78. The summed E-state index contributed by atoms with van der Waals surface area (Å²) in [6, 6.07) is 2.35. The smallest absolute Gasteiger partial charge is 0.329 e. The van der Waals surface area contributed by atoms with Gasteiger partial charge in [0, 0.05) is 51.4 Å². The van der Waals surface area contributed by atoms with E-state index in [4.69, 9.17) is 33.5 Å². The number of nitrogens with zero attached hydrogens (tertiary/aromatic N) is 2. The Morgan fingerprint density at radius 2 is 1.69 bits per heavy atom. The van der Waals surface area contributed by atoms with Crippen molar-refractivity contribution in [2.45, 2.75) is 207 Å². The van der Waals surface area contributed by atoms with Crippen molar-refractivity contribution in [1.82, 2.24) is 9.88 Å². The molecule has 1 unspecified atom stereocenters. The highest BCUT2D eigenvalue weighted by Gasteiger charge is 2.53. The number of ether oxygens (including phenoxy) is 6. The van der Waals surface area contributed by atoms with Crippen molar-refractivity contribution >= 4 is 23.4 Å². The maximum atomic E-state index is 14.6. The van der Waals surface area contributed by atoms with Crippen molar-refractivity contribution in [2.24, 2.45) is 35.5 Å². The Labute approximate surface area is 446 Å². The van der Waals surface area contributed by atoms with E-state index in [0.717, 1.165) is 12.0 Å². The molecule has 424 valence electrons. The highest BCUT2D eigenvalue weighted by Crippen LogP contribution is 2.38. The summed E-state index contributed by atoms with van der Waals surface area (Å²) in [7, 11) is 2.96. The lowest BCUT2D eigenvalue weighted by Crippen LogP contribution is -2.61. The van der Waals surface area contributed by atoms with Gasteiger partial charge in [-0.3, -0.25) is 19.4 Å². The van der Waals surface area contributed by atoms with Crippen LogP contribution >= 0.6 is 0 Å². The van der Waals surface area contributed by atoms with Crippen LogP contribution in [0, 0.1) is 35.5 Å². The summed E-state index contributed by atoms with van der Waals surface area (Å²) in [6.45, 7) is 16.9. The average Bonchev–Trinajstić information content (AvgIpc) is 3.40. The van der Waals surface area contributed by atoms with Gasteiger partial charge in [-0.15, -0.1) is 0 Å². The van der Waals surface area contributed by atoms with Gasteiger partial charge >= 0.3 is 5.97 Å². The van der Waals surface area contributed by atoms with Gasteiger partial charge in [-0.25, -0.2) is 4.79 Å². The number of aliphatic hydroxyl groups excluding tert-OH is 4. The Morgan fingerprint density at radius 1 is 0.960 bits per heavy atom. The van der Waals surface area contributed by atoms with Crippen molar-refractivity contribution in [3.8, 4) is 5.75 Å². The first-order valence-electron chi connectivity index (χ1n) is 27.5. The average molecular weight is 1060 g/mol. The zero-order chi connectivity index (χ0) is 55.6. The number of Topliss-reactive ketones (excluding diaryl/α,β-unsaturated/α-hetero) is 2. The standard InChI is InChI=1S/C58H92N2O15/c1-12-16-35(3)27-39(7)52(64)54(71-11)53(65)40(8)28-37(5)48(63)32-50(38(6)29-42-19-23-47(62)51(30-42)70-10)74-57(68)46-17-14-15-24-60(46)56(67)55(66)58(69)41(9)18-21-44(75-58)31-49(36(4)13-2)73-34-43-20-22-45(33-59-43)72-26-25-61/h12-13,16,20,22,28,33,35,37-39,41-42,44,46-51,53-54,61-63,65,69H,14-15,17-19,21,23-27,29-32,34H2,1-11H3/b16-12+,36-13+,40-28+/t35-,37-,38-,39-,41-,42+,44+,46+,47-,48?,49-,50+,51-,53-,54+,58-/m1/s1. The molecular formula is C58H92N2O15. The first-order chi connectivity index (χ1) is 35.6. The Morgan fingerprint density at radius 3 is 2.33 bits per heavy atom. The number of aliphatic hydroxyl groups is 5. The van der Waals surface area contributed by atoms with Crippen LogP contribution in [0.4, 0.5) is 0 Å². The summed E-state index contributed by atoms with van der Waals surface area (Å²) >= 11 is 0. The molecule has 4 rings (SSSR count). The predicted molar refractivity (Wildman–Crippen MR) is 283 cm³/mol. The predicted octanol–water partition coefficient (Wildman–Crippen LogP) is 6.78. The van der Waals surface area contributed by atoms with Gasteiger partial charge in [-0.05, 0) is 133 Å². The number of carbonyl (C=O) groups excluding carboxylic acids is 4. The summed E-state index contributed by atoms with van der Waals surface area (Å²) < 4.78 is 35.5. The molecule has 1 aromatic rings. The van der Waals surface area contributed by atoms with Crippen LogP contribution in [0.1, 0.15) is 145 Å². The number of amides is 1. The largest absolute Gasteiger partial charge is 0.490 e. The number of pyridine rings is 1. The number of hydrogen-bond acceptors (Lipinski definition) is 16. The van der Waals surface area contributed by atoms with Crippen molar-refractivity contribution in [1.29, 1.82) is 0 Å². The molecular weight excluding hydrogens is 965 g/mol. The first-order valence-corrected chi connectivity index (χ1v) is 27.5. The number of rotatable bonds is 29. The van der Waals surface area contributed by atoms with Gasteiger partial charge in [-0.1, -0.05) is 58.9 Å². The van der Waals surface area contributed by atoms with Gasteiger partial charge in [-0.2, -0.15) is 0 Å². The molecule has 0 bridgehead atoms. The van der Waals surface area contributed by atoms with Crippen LogP contribution in [0.15, 0.2) is 53.8 Å². The maximum Gasteiger partial charge on any atom is 0.329 e. The SMILES string of the molecule is C/C=C/[C@@H](C)C[C@@H](C)C(=O)[C@H](OC)[C@H](O)/C(C)=C/[C@@H](C)C(O)C[C@H](OC(=O)[C@@H]1CCCCN1C(=O)C(=O)[C@]1(O)O[C@H](C[C@@H](OCc2ccc(OCCO)cn2)/C(C)=C/C)CC[C@H]1C)[C@H](C)C[C@@H]1CC[C@@H](O)[C@H](OC)C1. The second-order valence-electron chi connectivity index (χ2n) is 21.8. The van der Waals surface area contributed by atoms with Gasteiger partial charge in [0.15, 0.2) is 5.78 Å². The molecule has 1 amide bonds. The van der Waals surface area contributed by atoms with E-state index in [0.29, 0.717) is 68.4 Å². The zero-order valence-corrected chi connectivity index (χ0v) is 46.7. The van der Waals surface area contributed by atoms with Crippen LogP contribution in [0.5, 0.6) is 5.75 Å². The number of aromatic nitrogens is 1. The van der Waals surface area contributed by atoms with Crippen LogP contribution in [0.3, 0.4) is 0 Å². The summed E-state index contributed by atoms with van der Waals surface area (Å²) in [5.41, 5.74) is 1.98. The summed E-state index contributed by atoms with van der Waals surface area (Å²) in [6.07, 6.45) is 8.27. The minimum Gasteiger partial charge on any atom is -0.490 e. The topological polar surface area (TPSA) is 241 Å². The summed E-state index contributed by atoms with van der Waals surface area (Å²) in [5, 5.41) is 55.0. The number of methoxy groups -OCH3 is 2. The van der Waals surface area contributed by atoms with Gasteiger partial charge in [0.1, 0.15) is 36.7 Å². The Bertz CT molecular complexity index is 2040. The van der Waals surface area contributed by atoms with E-state index < -0.39 is 84.1 Å². The molecule has 3 heterocycles. The Kier molecular flexibility index (Phi) is 26.2. The zero-order valence-electron chi connectivity index (χ0n) is 46.7. The molecule has 16 atom stereocenters. The minimum absolute atomic E-state index is 0.00379. The quantitative estimate of drug-likeness (QED) is 0.0316. The monoisotopic (exact) mass is 1060 g/mol. The molecule has 17 nitrogen and oxygen atoms in total. The number of allylic oxidation sites excluding steroid dienone is 3. The van der Waals surface area contributed by atoms with Crippen molar-refractivity contribution in [3.63, 3.8) is 0 Å². The summed E-state index contributed by atoms with van der Waals surface area (Å²) in [5.74, 6) is -6.82. The van der Waals surface area contributed by atoms with Gasteiger partial charge in [0.2, 0.25) is 5.79 Å². The Balaban J connectivity index is 1.51. The van der Waals surface area contributed by atoms with Gasteiger partial charge in [0.25, 0.3) is 11.7 Å². The van der Waals surface area contributed by atoms with E-state index in [-0.39, 0.29) is 81.2 Å². The van der Waals surface area contributed by atoms with Crippen LogP contribution in [-0.2, 0) is 49.5 Å². The van der Waals surface area contributed by atoms with Crippen LogP contribution in [-0.4, -0.2) is 153 Å². The molecule has 0 aromatic carbocycles. The molecule has 2 aliphatic heterocycles. The van der Waals surface area contributed by atoms with Gasteiger partial charge < -0.3 is 58.9 Å². The fourth-order valence-corrected chi connectivity index (χ4v) is 11.0. The minimum atomic E-state index is -2.48. The summed E-state index contributed by atoms with van der Waals surface area (Å²) in [4.78, 5) is 62.5. The maximum absolute atomic E-state index is 14.6. The van der Waals surface area contributed by atoms with Crippen molar-refractivity contribution in [2.75, 3.05) is 34.0 Å². The lowest BCUT2D eigenvalue weighted by molar-refractivity contribution is -0.266. The van der Waals surface area contributed by atoms with Crippen LogP contribution in [0.25, 0.3) is 0 Å². The second kappa shape index (κ2) is 30.9. The van der Waals surface area contributed by atoms with E-state index in [1.165, 1.54) is 12.0 Å². The number of piperidine rings is 1. The third-order valence-corrected chi connectivity index (χ3v) is 15.9. The van der Waals surface area contributed by atoms with Crippen molar-refractivity contribution in [3.05, 3.63) is 59.5 Å². The van der Waals surface area contributed by atoms with E-state index in [1.54, 1.807) is 52.3 Å². The molecule has 1 saturated carbocycles. The van der Waals surface area contributed by atoms with E-state index >= 15 is 0 Å². The molecule has 17 heteroatoms. The van der Waals surface area contributed by atoms with Crippen molar-refractivity contribution < 1.29 is 73.1 Å². The molecule has 0 radical (unpaired) electrons. The fourth-order valence-electron chi connectivity index (χ4n) is 11.0. The third kappa shape index (κ3) is 18.1. The molecule has 0 spiro atoms. The third-order valence-electron chi connectivity index (χ3n) is 15.9. The number of carbonyl (C=O) groups is 4. The van der Waals surface area contributed by atoms with Gasteiger partial charge in [0.05, 0.1) is 55.6 Å². The highest BCUT2D eigenvalue weighted by molar-refractivity contribution is 6.39. The molecule has 5 N–H and O–H groups in total.